The third-order valence-corrected chi connectivity index (χ3v) is 1.65. The van der Waals surface area contributed by atoms with E-state index in [1.165, 1.54) is 0 Å². The molecule has 0 unspecified atom stereocenters. The normalized spacial score (nSPS) is 11.2. The summed E-state index contributed by atoms with van der Waals surface area (Å²) < 4.78 is 7.67. The van der Waals surface area contributed by atoms with Gasteiger partial charge < -0.3 is 14.8 Å². The van der Waals surface area contributed by atoms with Crippen molar-refractivity contribution in [2.75, 3.05) is 19.8 Å². The highest BCUT2D eigenvalue weighted by Gasteiger charge is 2.22. The molecule has 0 saturated carbocycles. The number of halogens is 3. The van der Waals surface area contributed by atoms with Crippen LogP contribution in [0, 0.1) is 5.92 Å². The van der Waals surface area contributed by atoms with Crippen molar-refractivity contribution in [3.63, 3.8) is 0 Å². The average Bonchev–Trinajstić information content (AvgIpc) is 2.19. The average molecular weight is 307 g/mol. The Morgan fingerprint density at radius 1 is 1.24 bits per heavy atom. The number of alkyl carbamates (subject to hydrolysis) is 1. The van der Waals surface area contributed by atoms with Crippen LogP contribution in [0.15, 0.2) is 0 Å². The Kier molecular flexibility index (Phi) is 7.66. The van der Waals surface area contributed by atoms with Crippen LogP contribution < -0.4 is 5.32 Å². The Morgan fingerprint density at radius 3 is 2.29 bits per heavy atom. The number of esters is 1. The molecule has 0 heterocycles. The fraction of sp³-hybridized carbons (Fsp3) is 0.778. The van der Waals surface area contributed by atoms with Crippen LogP contribution in [0.3, 0.4) is 0 Å². The van der Waals surface area contributed by atoms with E-state index in [9.17, 15) is 9.59 Å². The minimum atomic E-state index is -1.67. The predicted molar refractivity (Wildman–Crippen MR) is 65.4 cm³/mol. The highest BCUT2D eigenvalue weighted by molar-refractivity contribution is 6.67. The first kappa shape index (κ1) is 16.6. The number of ether oxygens (including phenoxy) is 2. The third-order valence-electron chi connectivity index (χ3n) is 1.32. The van der Waals surface area contributed by atoms with Crippen LogP contribution in [0.25, 0.3) is 0 Å². The standard InChI is InChI=1S/C9H14Cl3NO4/c1-6(2)4-16-7(14)3-13-8(15)17-5-9(10,11)12/h6H,3-5H2,1-2H3,(H,13,15). The van der Waals surface area contributed by atoms with E-state index in [-0.39, 0.29) is 12.5 Å². The molecule has 8 heteroatoms. The number of alkyl halides is 3. The lowest BCUT2D eigenvalue weighted by atomic mass is 10.2. The van der Waals surface area contributed by atoms with Crippen LogP contribution >= 0.6 is 34.8 Å². The summed E-state index contributed by atoms with van der Waals surface area (Å²) in [6, 6.07) is 0. The second-order valence-electron chi connectivity index (χ2n) is 3.62. The van der Waals surface area contributed by atoms with Crippen LogP contribution in [0.1, 0.15) is 13.8 Å². The highest BCUT2D eigenvalue weighted by atomic mass is 35.6. The quantitative estimate of drug-likeness (QED) is 0.625. The zero-order chi connectivity index (χ0) is 13.5. The second-order valence-corrected chi connectivity index (χ2v) is 6.14. The number of nitrogens with one attached hydrogen (secondary N) is 1. The Labute approximate surface area is 115 Å². The molecule has 0 radical (unpaired) electrons. The first-order valence-corrected chi connectivity index (χ1v) is 5.97. The SMILES string of the molecule is CC(C)COC(=O)CNC(=O)OCC(Cl)(Cl)Cl. The predicted octanol–water partition coefficient (Wildman–Crippen LogP) is 2.28. The third kappa shape index (κ3) is 11.9. The van der Waals surface area contributed by atoms with Gasteiger partial charge in [-0.15, -0.1) is 0 Å². The van der Waals surface area contributed by atoms with Gasteiger partial charge in [0.2, 0.25) is 3.79 Å². The van der Waals surface area contributed by atoms with Crippen molar-refractivity contribution < 1.29 is 19.1 Å². The lowest BCUT2D eigenvalue weighted by Crippen LogP contribution is -2.33. The van der Waals surface area contributed by atoms with E-state index in [0.717, 1.165) is 0 Å². The van der Waals surface area contributed by atoms with Crippen LogP contribution in [-0.4, -0.2) is 35.6 Å². The zero-order valence-corrected chi connectivity index (χ0v) is 11.7. The van der Waals surface area contributed by atoms with E-state index in [1.807, 2.05) is 13.8 Å². The molecular weight excluding hydrogens is 292 g/mol. The van der Waals surface area contributed by atoms with E-state index in [4.69, 9.17) is 39.5 Å². The summed E-state index contributed by atoms with van der Waals surface area (Å²) in [4.78, 5) is 22.1. The van der Waals surface area contributed by atoms with E-state index in [1.54, 1.807) is 0 Å². The largest absolute Gasteiger partial charge is 0.464 e. The number of rotatable bonds is 5. The molecule has 17 heavy (non-hydrogen) atoms. The molecule has 0 aromatic carbocycles. The fourth-order valence-corrected chi connectivity index (χ4v) is 0.817. The number of carbonyl (C=O) groups is 2. The minimum Gasteiger partial charge on any atom is -0.464 e. The first-order chi connectivity index (χ1) is 7.70. The van der Waals surface area contributed by atoms with Crippen molar-refractivity contribution in [2.24, 2.45) is 5.92 Å². The molecule has 0 bridgehead atoms. The maximum absolute atomic E-state index is 11.1. The fourth-order valence-electron chi connectivity index (χ4n) is 0.653. The van der Waals surface area contributed by atoms with Gasteiger partial charge in [-0.3, -0.25) is 4.79 Å². The molecule has 1 N–H and O–H groups in total. The van der Waals surface area contributed by atoms with Crippen LogP contribution in [0.4, 0.5) is 4.79 Å². The van der Waals surface area contributed by atoms with Crippen molar-refractivity contribution >= 4 is 46.9 Å². The van der Waals surface area contributed by atoms with E-state index < -0.39 is 22.5 Å². The van der Waals surface area contributed by atoms with Crippen molar-refractivity contribution in [3.8, 4) is 0 Å². The van der Waals surface area contributed by atoms with Gasteiger partial charge in [-0.05, 0) is 5.92 Å². The molecule has 5 nitrogen and oxygen atoms in total. The Hall–Kier alpha value is -0.390. The Morgan fingerprint density at radius 2 is 1.82 bits per heavy atom. The van der Waals surface area contributed by atoms with Gasteiger partial charge in [0.1, 0.15) is 13.2 Å². The van der Waals surface area contributed by atoms with Gasteiger partial charge >= 0.3 is 12.1 Å². The summed E-state index contributed by atoms with van der Waals surface area (Å²) in [7, 11) is 0. The molecule has 0 spiro atoms. The molecule has 0 aliphatic carbocycles. The number of carbonyl (C=O) groups excluding carboxylic acids is 2. The number of hydrogen-bond donors (Lipinski definition) is 1. The van der Waals surface area contributed by atoms with Crippen molar-refractivity contribution in [1.82, 2.24) is 5.32 Å². The van der Waals surface area contributed by atoms with E-state index in [0.29, 0.717) is 6.61 Å². The molecular formula is C9H14Cl3NO4. The lowest BCUT2D eigenvalue weighted by Gasteiger charge is -2.12. The Bertz CT molecular complexity index is 265. The van der Waals surface area contributed by atoms with Crippen LogP contribution in [0.5, 0.6) is 0 Å². The number of hydrogen-bond acceptors (Lipinski definition) is 4. The highest BCUT2D eigenvalue weighted by Crippen LogP contribution is 2.25. The molecule has 0 saturated heterocycles. The maximum Gasteiger partial charge on any atom is 0.407 e. The second kappa shape index (κ2) is 7.84. The summed E-state index contributed by atoms with van der Waals surface area (Å²) in [6.07, 6.45) is -0.849. The van der Waals surface area contributed by atoms with Gasteiger partial charge in [0.25, 0.3) is 0 Å². The summed E-state index contributed by atoms with van der Waals surface area (Å²) in [5, 5.41) is 2.17. The topological polar surface area (TPSA) is 64.6 Å². The zero-order valence-electron chi connectivity index (χ0n) is 9.47. The van der Waals surface area contributed by atoms with Gasteiger partial charge in [-0.2, -0.15) is 0 Å². The van der Waals surface area contributed by atoms with Crippen LogP contribution in [0.2, 0.25) is 0 Å². The maximum atomic E-state index is 11.1. The summed E-state index contributed by atoms with van der Waals surface area (Å²) >= 11 is 16.1. The number of amides is 1. The minimum absolute atomic E-state index is 0.232. The van der Waals surface area contributed by atoms with Crippen molar-refractivity contribution in [1.29, 1.82) is 0 Å². The van der Waals surface area contributed by atoms with Gasteiger partial charge in [0.05, 0.1) is 6.61 Å². The summed E-state index contributed by atoms with van der Waals surface area (Å²) in [5.74, 6) is -0.320. The van der Waals surface area contributed by atoms with Gasteiger partial charge in [-0.25, -0.2) is 4.79 Å². The molecule has 0 rings (SSSR count). The van der Waals surface area contributed by atoms with Gasteiger partial charge in [-0.1, -0.05) is 48.7 Å². The van der Waals surface area contributed by atoms with E-state index in [2.05, 4.69) is 10.1 Å². The molecule has 0 aromatic rings. The van der Waals surface area contributed by atoms with Gasteiger partial charge in [0, 0.05) is 0 Å². The molecule has 1 amide bonds. The molecule has 0 atom stereocenters. The molecule has 0 aromatic heterocycles. The van der Waals surface area contributed by atoms with E-state index >= 15 is 0 Å². The smallest absolute Gasteiger partial charge is 0.407 e. The summed E-state index contributed by atoms with van der Waals surface area (Å²) in [6.45, 7) is 3.41. The van der Waals surface area contributed by atoms with Crippen LogP contribution in [-0.2, 0) is 14.3 Å². The van der Waals surface area contributed by atoms with Crippen molar-refractivity contribution in [3.05, 3.63) is 0 Å². The molecule has 0 aliphatic heterocycles. The van der Waals surface area contributed by atoms with Gasteiger partial charge in [0.15, 0.2) is 0 Å². The Balaban J connectivity index is 3.66. The molecule has 0 fully saturated rings. The first-order valence-electron chi connectivity index (χ1n) is 4.83. The van der Waals surface area contributed by atoms with Crippen molar-refractivity contribution in [2.45, 2.75) is 17.6 Å². The summed E-state index contributed by atoms with van der Waals surface area (Å²) in [5.41, 5.74) is 0. The molecule has 0 aliphatic rings. The monoisotopic (exact) mass is 305 g/mol. The molecule has 100 valence electrons. The lowest BCUT2D eigenvalue weighted by molar-refractivity contribution is -0.143.